The number of carboxylic acid groups (broad SMARTS) is 1. The molecule has 5 rings (SSSR count). The first-order valence-corrected chi connectivity index (χ1v) is 18.3. The molecule has 2 aromatic heterocycles. The van der Waals surface area contributed by atoms with Crippen molar-refractivity contribution in [2.75, 3.05) is 59.6 Å². The van der Waals surface area contributed by atoms with Crippen LogP contribution in [0.3, 0.4) is 0 Å². The van der Waals surface area contributed by atoms with Gasteiger partial charge in [0.1, 0.15) is 6.61 Å². The van der Waals surface area contributed by atoms with E-state index >= 15 is 0 Å². The highest BCUT2D eigenvalue weighted by Gasteiger charge is 2.30. The summed E-state index contributed by atoms with van der Waals surface area (Å²) < 4.78 is 23.9. The molecule has 3 aliphatic rings. The molecule has 16 nitrogen and oxygen atoms in total. The van der Waals surface area contributed by atoms with E-state index in [-0.39, 0.29) is 31.8 Å². The summed E-state index contributed by atoms with van der Waals surface area (Å²) in [6, 6.07) is 1.84. The lowest BCUT2D eigenvalue weighted by molar-refractivity contribution is -0.163. The monoisotopic (exact) mass is 761 g/mol. The van der Waals surface area contributed by atoms with Crippen LogP contribution in [0.2, 0.25) is 0 Å². The number of pyridine rings is 1. The van der Waals surface area contributed by atoms with E-state index in [1.54, 1.807) is 32.1 Å². The number of aromatic nitrogens is 2. The number of carbonyl (C=O) groups is 6. The molecular weight excluding hydrogens is 714 g/mol. The fourth-order valence-electron chi connectivity index (χ4n) is 6.81. The maximum Gasteiger partial charge on any atom is 0.347 e. The average molecular weight is 762 g/mol. The molecule has 0 bridgehead atoms. The Morgan fingerprint density at radius 2 is 1.71 bits per heavy atom. The fourth-order valence-corrected chi connectivity index (χ4v) is 6.81. The molecule has 55 heavy (non-hydrogen) atoms. The molecule has 0 aromatic carbocycles. The quantitative estimate of drug-likeness (QED) is 0.0444. The van der Waals surface area contributed by atoms with E-state index in [0.29, 0.717) is 70.0 Å². The van der Waals surface area contributed by atoms with Gasteiger partial charge in [-0.3, -0.25) is 24.2 Å². The molecule has 1 atom stereocenters. The van der Waals surface area contributed by atoms with E-state index in [1.165, 1.54) is 18.4 Å². The summed E-state index contributed by atoms with van der Waals surface area (Å²) in [5, 5.41) is 10.5. The minimum absolute atomic E-state index is 0.00651. The molecule has 1 unspecified atom stereocenters. The van der Waals surface area contributed by atoms with Gasteiger partial charge in [-0.1, -0.05) is 0 Å². The number of Topliss-reactive ketones (excluding diaryl/α,β-unsaturated/α-hetero) is 1. The first-order valence-electron chi connectivity index (χ1n) is 18.3. The van der Waals surface area contributed by atoms with Crippen LogP contribution in [0.4, 0.5) is 0 Å². The summed E-state index contributed by atoms with van der Waals surface area (Å²) in [6.07, 6.45) is 9.71. The number of esters is 2. The zero-order valence-electron chi connectivity index (χ0n) is 31.6. The third-order valence-electron chi connectivity index (χ3n) is 9.65. The molecule has 0 radical (unpaired) electrons. The lowest BCUT2D eigenvalue weighted by atomic mass is 10.1. The van der Waals surface area contributed by atoms with Gasteiger partial charge in [-0.15, -0.1) is 0 Å². The van der Waals surface area contributed by atoms with E-state index in [0.717, 1.165) is 33.0 Å². The second-order valence-electron chi connectivity index (χ2n) is 13.3. The fraction of sp³-hybridized carbons (Fsp3) is 0.462. The van der Waals surface area contributed by atoms with Gasteiger partial charge in [0.2, 0.25) is 5.88 Å². The van der Waals surface area contributed by atoms with Crippen molar-refractivity contribution in [1.82, 2.24) is 24.3 Å². The molecule has 294 valence electrons. The standard InChI is InChI=1S/C39H47N5O11/c1-5-53-38(50)30(39(51)55-32(37(48)49)8-6-7-15-43-34(46)13-14-35(43)47)24-42-18-16-41(17-19-42)20-21-54-28-11-9-27(10-12-28)44-25(2)36(26(3)45)29-23-40-33(52-4)22-31(29)44/h9,11,13-14,22-24,32H,5-8,10,12,15-21H2,1-4H3,(H,48,49)/b30-24-. The number of amides is 2. The Balaban J connectivity index is 1.12. The Hall–Kier alpha value is -5.77. The van der Waals surface area contributed by atoms with Crippen molar-refractivity contribution in [1.29, 1.82) is 0 Å². The zero-order chi connectivity index (χ0) is 39.6. The predicted octanol–water partition coefficient (Wildman–Crippen LogP) is 3.25. The van der Waals surface area contributed by atoms with Crippen molar-refractivity contribution in [3.8, 4) is 5.88 Å². The number of methoxy groups -OCH3 is 1. The van der Waals surface area contributed by atoms with Crippen LogP contribution >= 0.6 is 0 Å². The second kappa shape index (κ2) is 18.5. The molecule has 1 aliphatic carbocycles. The minimum atomic E-state index is -1.54. The largest absolute Gasteiger partial charge is 0.497 e. The number of carbonyl (C=O) groups excluding carboxylic acids is 5. The third kappa shape index (κ3) is 9.86. The summed E-state index contributed by atoms with van der Waals surface area (Å²) in [5.41, 5.74) is 2.99. The third-order valence-corrected chi connectivity index (χ3v) is 9.65. The molecule has 16 heteroatoms. The summed E-state index contributed by atoms with van der Waals surface area (Å²) >= 11 is 0. The summed E-state index contributed by atoms with van der Waals surface area (Å²) in [7, 11) is 1.56. The normalized spacial score (nSPS) is 16.9. The number of aliphatic carboxylic acids is 1. The second-order valence-corrected chi connectivity index (χ2v) is 13.3. The average Bonchev–Trinajstić information content (AvgIpc) is 3.65. The minimum Gasteiger partial charge on any atom is -0.497 e. The smallest absolute Gasteiger partial charge is 0.347 e. The van der Waals surface area contributed by atoms with Crippen LogP contribution in [0.1, 0.15) is 62.0 Å². The molecule has 2 aromatic rings. The van der Waals surface area contributed by atoms with Crippen LogP contribution < -0.4 is 4.74 Å². The van der Waals surface area contributed by atoms with Gasteiger partial charge in [-0.05, 0) is 58.6 Å². The van der Waals surface area contributed by atoms with Gasteiger partial charge in [-0.25, -0.2) is 19.4 Å². The number of rotatable bonds is 18. The lowest BCUT2D eigenvalue weighted by Crippen LogP contribution is -2.45. The molecule has 2 amide bonds. The number of carboxylic acids is 1. The Kier molecular flexibility index (Phi) is 13.6. The van der Waals surface area contributed by atoms with Gasteiger partial charge in [0.15, 0.2) is 17.5 Å². The van der Waals surface area contributed by atoms with Gasteiger partial charge in [0.25, 0.3) is 11.8 Å². The first kappa shape index (κ1) is 40.4. The number of imide groups is 1. The Labute approximate surface area is 318 Å². The van der Waals surface area contributed by atoms with Crippen molar-refractivity contribution in [2.45, 2.75) is 59.0 Å². The lowest BCUT2D eigenvalue weighted by Gasteiger charge is -2.34. The van der Waals surface area contributed by atoms with E-state index in [9.17, 15) is 33.9 Å². The van der Waals surface area contributed by atoms with E-state index in [4.69, 9.17) is 18.9 Å². The van der Waals surface area contributed by atoms with Crippen molar-refractivity contribution in [3.05, 3.63) is 65.4 Å². The number of unbranched alkanes of at least 4 members (excludes halogenated alkanes) is 1. The van der Waals surface area contributed by atoms with E-state index in [2.05, 4.69) is 14.5 Å². The van der Waals surface area contributed by atoms with Crippen molar-refractivity contribution < 1.29 is 52.8 Å². The maximum atomic E-state index is 13.1. The van der Waals surface area contributed by atoms with Crippen molar-refractivity contribution in [3.63, 3.8) is 0 Å². The van der Waals surface area contributed by atoms with E-state index in [1.807, 2.05) is 25.1 Å². The number of hydrogen-bond donors (Lipinski definition) is 1. The maximum absolute atomic E-state index is 13.1. The van der Waals surface area contributed by atoms with Gasteiger partial charge >= 0.3 is 17.9 Å². The van der Waals surface area contributed by atoms with Gasteiger partial charge in [0.05, 0.1) is 25.0 Å². The molecular formula is C39H47N5O11. The van der Waals surface area contributed by atoms with Crippen LogP contribution in [0.15, 0.2) is 54.1 Å². The van der Waals surface area contributed by atoms with Crippen LogP contribution in [0.25, 0.3) is 16.6 Å². The molecule has 1 fully saturated rings. The molecule has 4 heterocycles. The number of ether oxygens (including phenoxy) is 4. The topological polar surface area (TPSA) is 187 Å². The summed E-state index contributed by atoms with van der Waals surface area (Å²) in [5.74, 6) is -2.96. The highest BCUT2D eigenvalue weighted by molar-refractivity contribution is 6.14. The summed E-state index contributed by atoms with van der Waals surface area (Å²) in [4.78, 5) is 83.1. The number of hydrogen-bond acceptors (Lipinski definition) is 13. The van der Waals surface area contributed by atoms with Gasteiger partial charge in [-0.2, -0.15) is 0 Å². The molecule has 1 saturated heterocycles. The molecule has 0 spiro atoms. The van der Waals surface area contributed by atoms with E-state index < -0.39 is 41.4 Å². The van der Waals surface area contributed by atoms with Crippen molar-refractivity contribution >= 4 is 52.1 Å². The van der Waals surface area contributed by atoms with Crippen LogP contribution in [-0.4, -0.2) is 131 Å². The van der Waals surface area contributed by atoms with Crippen molar-refractivity contribution in [2.24, 2.45) is 0 Å². The zero-order valence-corrected chi connectivity index (χ0v) is 31.6. The Bertz CT molecular complexity index is 1930. The molecule has 1 N–H and O–H groups in total. The highest BCUT2D eigenvalue weighted by atomic mass is 16.6. The number of nitrogens with zero attached hydrogens (tertiary/aromatic N) is 5. The van der Waals surface area contributed by atoms with Crippen LogP contribution in [-0.2, 0) is 38.2 Å². The first-order chi connectivity index (χ1) is 26.4. The van der Waals surface area contributed by atoms with Gasteiger partial charge < -0.3 is 33.5 Å². The predicted molar refractivity (Wildman–Crippen MR) is 199 cm³/mol. The van der Waals surface area contributed by atoms with Gasteiger partial charge in [0, 0.05) is 98.6 Å². The van der Waals surface area contributed by atoms with Crippen LogP contribution in [0.5, 0.6) is 5.88 Å². The number of fused-ring (bicyclic) bond motifs is 1. The number of ketones is 1. The Morgan fingerprint density at radius 3 is 2.33 bits per heavy atom. The van der Waals surface area contributed by atoms with Crippen LogP contribution in [0, 0.1) is 6.92 Å². The Morgan fingerprint density at radius 1 is 0.982 bits per heavy atom. The number of allylic oxidation sites excluding steroid dienone is 4. The SMILES string of the molecule is CCOC(=O)/C(=C/N1CCN(CCOC2=CC=C(n3c(C)c(C(C)=O)c4cnc(OC)cc43)CC2)CC1)C(=O)OC(CCCCN1C(=O)C=CC1=O)C(=O)O. The molecule has 0 saturated carbocycles. The highest BCUT2D eigenvalue weighted by Crippen LogP contribution is 2.34. The number of piperazine rings is 1. The molecule has 2 aliphatic heterocycles. The summed E-state index contributed by atoms with van der Waals surface area (Å²) in [6.45, 7) is 8.55.